The SMILES string of the molecule is O=C(COc1ccccc1)NCc1nccc(N2CCCC2)n1. The number of nitrogens with one attached hydrogen (secondary N) is 1. The molecule has 1 aliphatic rings. The third-order valence-corrected chi connectivity index (χ3v) is 3.68. The molecule has 2 heterocycles. The summed E-state index contributed by atoms with van der Waals surface area (Å²) in [5, 5.41) is 2.78. The molecule has 0 saturated carbocycles. The molecule has 1 N–H and O–H groups in total. The fourth-order valence-corrected chi connectivity index (χ4v) is 2.49. The summed E-state index contributed by atoms with van der Waals surface area (Å²) in [6.45, 7) is 2.36. The fraction of sp³-hybridized carbons (Fsp3) is 0.353. The average molecular weight is 312 g/mol. The lowest BCUT2D eigenvalue weighted by Gasteiger charge is -2.16. The molecule has 3 rings (SSSR count). The predicted molar refractivity (Wildman–Crippen MR) is 87.3 cm³/mol. The van der Waals surface area contributed by atoms with Gasteiger partial charge in [-0.1, -0.05) is 18.2 Å². The lowest BCUT2D eigenvalue weighted by molar-refractivity contribution is -0.123. The Morgan fingerprint density at radius 1 is 1.17 bits per heavy atom. The highest BCUT2D eigenvalue weighted by molar-refractivity contribution is 5.77. The second-order valence-electron chi connectivity index (χ2n) is 5.40. The van der Waals surface area contributed by atoms with Gasteiger partial charge < -0.3 is 15.0 Å². The third-order valence-electron chi connectivity index (χ3n) is 3.68. The maximum atomic E-state index is 11.8. The van der Waals surface area contributed by atoms with Crippen LogP contribution in [0.1, 0.15) is 18.7 Å². The number of carbonyl (C=O) groups is 1. The summed E-state index contributed by atoms with van der Waals surface area (Å²) in [5.41, 5.74) is 0. The Balaban J connectivity index is 1.48. The van der Waals surface area contributed by atoms with Gasteiger partial charge >= 0.3 is 0 Å². The molecule has 1 aromatic carbocycles. The first-order chi connectivity index (χ1) is 11.3. The number of carbonyl (C=O) groups excluding carboxylic acids is 1. The normalized spacial score (nSPS) is 13.8. The van der Waals surface area contributed by atoms with E-state index in [1.54, 1.807) is 6.20 Å². The van der Waals surface area contributed by atoms with Crippen LogP contribution in [0.25, 0.3) is 0 Å². The van der Waals surface area contributed by atoms with Crippen LogP contribution in [0, 0.1) is 0 Å². The van der Waals surface area contributed by atoms with Crippen LogP contribution >= 0.6 is 0 Å². The van der Waals surface area contributed by atoms with Gasteiger partial charge in [0.2, 0.25) is 0 Å². The number of nitrogens with zero attached hydrogens (tertiary/aromatic N) is 3. The molecule has 6 heteroatoms. The van der Waals surface area contributed by atoms with Gasteiger partial charge in [0.1, 0.15) is 17.4 Å². The van der Waals surface area contributed by atoms with E-state index < -0.39 is 0 Å². The molecule has 0 bridgehead atoms. The Bertz CT molecular complexity index is 642. The van der Waals surface area contributed by atoms with E-state index in [4.69, 9.17) is 4.74 Å². The van der Waals surface area contributed by atoms with Gasteiger partial charge in [0.15, 0.2) is 6.61 Å². The van der Waals surface area contributed by atoms with Crippen LogP contribution in [0.3, 0.4) is 0 Å². The first-order valence-electron chi connectivity index (χ1n) is 7.83. The Hall–Kier alpha value is -2.63. The van der Waals surface area contributed by atoms with Crippen molar-refractivity contribution in [1.29, 1.82) is 0 Å². The number of rotatable bonds is 6. The quantitative estimate of drug-likeness (QED) is 0.880. The summed E-state index contributed by atoms with van der Waals surface area (Å²) < 4.78 is 5.40. The van der Waals surface area contributed by atoms with E-state index in [-0.39, 0.29) is 12.5 Å². The first-order valence-corrected chi connectivity index (χ1v) is 7.83. The zero-order chi connectivity index (χ0) is 15.9. The van der Waals surface area contributed by atoms with E-state index in [0.717, 1.165) is 18.9 Å². The molecule has 0 spiro atoms. The van der Waals surface area contributed by atoms with Crippen molar-refractivity contribution in [1.82, 2.24) is 15.3 Å². The van der Waals surface area contributed by atoms with E-state index in [2.05, 4.69) is 20.2 Å². The van der Waals surface area contributed by atoms with Gasteiger partial charge in [0, 0.05) is 19.3 Å². The van der Waals surface area contributed by atoms with Gasteiger partial charge in [-0.3, -0.25) is 4.79 Å². The van der Waals surface area contributed by atoms with Crippen LogP contribution in [0.2, 0.25) is 0 Å². The molecule has 1 saturated heterocycles. The maximum absolute atomic E-state index is 11.8. The summed E-state index contributed by atoms with van der Waals surface area (Å²) in [4.78, 5) is 22.8. The number of hydrogen-bond donors (Lipinski definition) is 1. The van der Waals surface area contributed by atoms with Gasteiger partial charge in [0.05, 0.1) is 6.54 Å². The lowest BCUT2D eigenvalue weighted by atomic mass is 10.3. The van der Waals surface area contributed by atoms with E-state index >= 15 is 0 Å². The third kappa shape index (κ3) is 4.42. The second kappa shape index (κ2) is 7.58. The molecular formula is C17H20N4O2. The van der Waals surface area contributed by atoms with E-state index in [1.165, 1.54) is 12.8 Å². The minimum Gasteiger partial charge on any atom is -0.484 e. The lowest BCUT2D eigenvalue weighted by Crippen LogP contribution is -2.29. The Kier molecular flexibility index (Phi) is 5.03. The second-order valence-corrected chi connectivity index (χ2v) is 5.40. The van der Waals surface area contributed by atoms with Gasteiger partial charge in [-0.05, 0) is 31.0 Å². The smallest absolute Gasteiger partial charge is 0.258 e. The van der Waals surface area contributed by atoms with Crippen molar-refractivity contribution >= 4 is 11.7 Å². The summed E-state index contributed by atoms with van der Waals surface area (Å²) in [6.07, 6.45) is 4.14. The van der Waals surface area contributed by atoms with Crippen LogP contribution in [0.15, 0.2) is 42.6 Å². The molecule has 0 radical (unpaired) electrons. The maximum Gasteiger partial charge on any atom is 0.258 e. The molecule has 2 aromatic rings. The van der Waals surface area contributed by atoms with Crippen molar-refractivity contribution in [2.45, 2.75) is 19.4 Å². The highest BCUT2D eigenvalue weighted by Crippen LogP contribution is 2.16. The van der Waals surface area contributed by atoms with Crippen LogP contribution < -0.4 is 15.0 Å². The van der Waals surface area contributed by atoms with E-state index in [0.29, 0.717) is 18.1 Å². The van der Waals surface area contributed by atoms with Crippen molar-refractivity contribution in [3.63, 3.8) is 0 Å². The molecule has 1 fully saturated rings. The number of ether oxygens (including phenoxy) is 1. The predicted octanol–water partition coefficient (Wildman–Crippen LogP) is 1.77. The van der Waals surface area contributed by atoms with Crippen molar-refractivity contribution < 1.29 is 9.53 Å². The van der Waals surface area contributed by atoms with E-state index in [1.807, 2.05) is 36.4 Å². The highest BCUT2D eigenvalue weighted by atomic mass is 16.5. The molecular weight excluding hydrogens is 292 g/mol. The van der Waals surface area contributed by atoms with Gasteiger partial charge in [-0.15, -0.1) is 0 Å². The summed E-state index contributed by atoms with van der Waals surface area (Å²) >= 11 is 0. The number of amides is 1. The standard InChI is InChI=1S/C17H20N4O2/c22-17(13-23-14-6-2-1-3-7-14)19-12-15-18-9-8-16(20-15)21-10-4-5-11-21/h1-3,6-9H,4-5,10-13H2,(H,19,22). The number of benzene rings is 1. The Labute approximate surface area is 135 Å². The minimum atomic E-state index is -0.191. The molecule has 23 heavy (non-hydrogen) atoms. The zero-order valence-corrected chi connectivity index (χ0v) is 12.9. The van der Waals surface area contributed by atoms with Crippen molar-refractivity contribution in [2.24, 2.45) is 0 Å². The average Bonchev–Trinajstić information content (AvgIpc) is 3.14. The topological polar surface area (TPSA) is 67.3 Å². The van der Waals surface area contributed by atoms with E-state index in [9.17, 15) is 4.79 Å². The molecule has 0 atom stereocenters. The van der Waals surface area contributed by atoms with Crippen molar-refractivity contribution in [3.05, 3.63) is 48.4 Å². The highest BCUT2D eigenvalue weighted by Gasteiger charge is 2.14. The largest absolute Gasteiger partial charge is 0.484 e. The zero-order valence-electron chi connectivity index (χ0n) is 12.9. The monoisotopic (exact) mass is 312 g/mol. The summed E-state index contributed by atoms with van der Waals surface area (Å²) in [7, 11) is 0. The van der Waals surface area contributed by atoms with Gasteiger partial charge in [-0.25, -0.2) is 9.97 Å². The van der Waals surface area contributed by atoms with Crippen LogP contribution in [0.5, 0.6) is 5.75 Å². The molecule has 0 unspecified atom stereocenters. The first kappa shape index (κ1) is 15.3. The Morgan fingerprint density at radius 3 is 2.74 bits per heavy atom. The molecule has 120 valence electrons. The molecule has 1 amide bonds. The van der Waals surface area contributed by atoms with Gasteiger partial charge in [-0.2, -0.15) is 0 Å². The van der Waals surface area contributed by atoms with Crippen molar-refractivity contribution in [3.8, 4) is 5.75 Å². The minimum absolute atomic E-state index is 0.0180. The van der Waals surface area contributed by atoms with Crippen LogP contribution in [-0.4, -0.2) is 35.6 Å². The molecule has 1 aliphatic heterocycles. The number of hydrogen-bond acceptors (Lipinski definition) is 5. The molecule has 1 aromatic heterocycles. The summed E-state index contributed by atoms with van der Waals surface area (Å²) in [6, 6.07) is 11.2. The van der Waals surface area contributed by atoms with Crippen molar-refractivity contribution in [2.75, 3.05) is 24.6 Å². The number of aromatic nitrogens is 2. The summed E-state index contributed by atoms with van der Waals surface area (Å²) in [5.74, 6) is 2.03. The number of anilines is 1. The van der Waals surface area contributed by atoms with Crippen LogP contribution in [0.4, 0.5) is 5.82 Å². The molecule has 6 nitrogen and oxygen atoms in total. The molecule has 0 aliphatic carbocycles. The Morgan fingerprint density at radius 2 is 1.96 bits per heavy atom. The number of para-hydroxylation sites is 1. The van der Waals surface area contributed by atoms with Gasteiger partial charge in [0.25, 0.3) is 5.91 Å². The van der Waals surface area contributed by atoms with Crippen LogP contribution in [-0.2, 0) is 11.3 Å². The fourth-order valence-electron chi connectivity index (χ4n) is 2.49.